The Bertz CT molecular complexity index is 1070. The molecule has 0 amide bonds. The number of benzene rings is 1. The SMILES string of the molecule is Nc1ncnc2c1c(F)cn2[C@H]1O[C@H](C(O)c2ccc3c(c2)CC3)[C@H](O)[C@@H]1O. The van der Waals surface area contributed by atoms with Gasteiger partial charge in [-0.3, -0.25) is 0 Å². The predicted octanol–water partition coefficient (Wildman–Crippen LogP) is 0.604. The maximum absolute atomic E-state index is 14.3. The third kappa shape index (κ3) is 2.44. The number of aryl methyl sites for hydroxylation is 2. The third-order valence-corrected chi connectivity index (χ3v) is 5.69. The minimum Gasteiger partial charge on any atom is -0.387 e. The van der Waals surface area contributed by atoms with Gasteiger partial charge in [0.25, 0.3) is 0 Å². The van der Waals surface area contributed by atoms with E-state index in [1.807, 2.05) is 12.1 Å². The normalized spacial score (nSPS) is 27.6. The average molecular weight is 386 g/mol. The Morgan fingerprint density at radius 2 is 1.96 bits per heavy atom. The van der Waals surface area contributed by atoms with Gasteiger partial charge in [0.15, 0.2) is 17.7 Å². The molecule has 0 bridgehead atoms. The number of nitrogen functional groups attached to an aromatic ring is 1. The number of aliphatic hydroxyl groups excluding tert-OH is 3. The van der Waals surface area contributed by atoms with Crippen molar-refractivity contribution in [1.29, 1.82) is 0 Å². The van der Waals surface area contributed by atoms with E-state index in [2.05, 4.69) is 9.97 Å². The number of anilines is 1. The van der Waals surface area contributed by atoms with Crippen LogP contribution in [0, 0.1) is 5.82 Å². The largest absolute Gasteiger partial charge is 0.387 e. The molecule has 3 aromatic rings. The summed E-state index contributed by atoms with van der Waals surface area (Å²) in [4.78, 5) is 7.79. The van der Waals surface area contributed by atoms with E-state index in [4.69, 9.17) is 10.5 Å². The smallest absolute Gasteiger partial charge is 0.164 e. The minimum absolute atomic E-state index is 0.0131. The number of aliphatic hydroxyl groups is 3. The van der Waals surface area contributed by atoms with Crippen molar-refractivity contribution in [2.75, 3.05) is 5.73 Å². The van der Waals surface area contributed by atoms with Gasteiger partial charge >= 0.3 is 0 Å². The van der Waals surface area contributed by atoms with Crippen molar-refractivity contribution in [1.82, 2.24) is 14.5 Å². The third-order valence-electron chi connectivity index (χ3n) is 5.69. The lowest BCUT2D eigenvalue weighted by molar-refractivity contribution is -0.0849. The van der Waals surface area contributed by atoms with Gasteiger partial charge in [0, 0.05) is 6.20 Å². The van der Waals surface area contributed by atoms with Crippen molar-refractivity contribution in [3.05, 3.63) is 53.2 Å². The average Bonchev–Trinajstić information content (AvgIpc) is 3.14. The van der Waals surface area contributed by atoms with Crippen molar-refractivity contribution in [3.63, 3.8) is 0 Å². The van der Waals surface area contributed by atoms with Crippen LogP contribution in [-0.2, 0) is 17.6 Å². The van der Waals surface area contributed by atoms with E-state index in [-0.39, 0.29) is 16.9 Å². The highest BCUT2D eigenvalue weighted by Gasteiger charge is 2.48. The fourth-order valence-corrected chi connectivity index (χ4v) is 4.02. The van der Waals surface area contributed by atoms with Crippen LogP contribution >= 0.6 is 0 Å². The van der Waals surface area contributed by atoms with Crippen LogP contribution in [0.3, 0.4) is 0 Å². The maximum Gasteiger partial charge on any atom is 0.164 e. The number of hydrogen-bond acceptors (Lipinski definition) is 7. The second-order valence-corrected chi connectivity index (χ2v) is 7.29. The molecule has 28 heavy (non-hydrogen) atoms. The highest BCUT2D eigenvalue weighted by atomic mass is 19.1. The number of ether oxygens (including phenoxy) is 1. The molecule has 146 valence electrons. The van der Waals surface area contributed by atoms with Gasteiger partial charge in [0.05, 0.1) is 5.39 Å². The van der Waals surface area contributed by atoms with Crippen LogP contribution in [0.5, 0.6) is 0 Å². The summed E-state index contributed by atoms with van der Waals surface area (Å²) in [6.07, 6.45) is -1.89. The molecular formula is C19H19FN4O4. The number of nitrogens with zero attached hydrogens (tertiary/aromatic N) is 3. The van der Waals surface area contributed by atoms with Crippen LogP contribution in [0.25, 0.3) is 11.0 Å². The Morgan fingerprint density at radius 3 is 2.68 bits per heavy atom. The summed E-state index contributed by atoms with van der Waals surface area (Å²) in [5.41, 5.74) is 8.86. The van der Waals surface area contributed by atoms with Gasteiger partial charge in [-0.15, -0.1) is 0 Å². The van der Waals surface area contributed by atoms with Crippen LogP contribution < -0.4 is 5.73 Å². The molecule has 5 atom stereocenters. The lowest BCUT2D eigenvalue weighted by Gasteiger charge is -2.25. The van der Waals surface area contributed by atoms with Gasteiger partial charge in [-0.25, -0.2) is 14.4 Å². The highest BCUT2D eigenvalue weighted by molar-refractivity contribution is 5.86. The fraction of sp³-hybridized carbons (Fsp3) is 0.368. The van der Waals surface area contributed by atoms with Crippen LogP contribution in [0.2, 0.25) is 0 Å². The van der Waals surface area contributed by atoms with E-state index in [1.54, 1.807) is 6.07 Å². The second kappa shape index (κ2) is 6.21. The predicted molar refractivity (Wildman–Crippen MR) is 96.6 cm³/mol. The van der Waals surface area contributed by atoms with Crippen molar-refractivity contribution >= 4 is 16.9 Å². The van der Waals surface area contributed by atoms with Gasteiger partial charge in [-0.1, -0.05) is 18.2 Å². The highest BCUT2D eigenvalue weighted by Crippen LogP contribution is 2.39. The molecule has 1 aliphatic carbocycles. The summed E-state index contributed by atoms with van der Waals surface area (Å²) in [5, 5.41) is 31.8. The van der Waals surface area contributed by atoms with Gasteiger partial charge < -0.3 is 30.4 Å². The molecule has 1 aliphatic heterocycles. The Hall–Kier alpha value is -2.59. The first-order valence-corrected chi connectivity index (χ1v) is 9.03. The van der Waals surface area contributed by atoms with Crippen LogP contribution in [0.4, 0.5) is 10.2 Å². The van der Waals surface area contributed by atoms with Crippen LogP contribution in [-0.4, -0.2) is 48.2 Å². The number of halogens is 1. The first-order valence-electron chi connectivity index (χ1n) is 9.03. The van der Waals surface area contributed by atoms with Crippen LogP contribution in [0.1, 0.15) is 29.0 Å². The standard InChI is InChI=1S/C19H19FN4O4/c20-11-6-24(18-12(11)17(21)22-7-23-18)19-15(27)14(26)16(28-19)13(25)10-4-2-8-1-3-9(8)5-10/h2,4-7,13-16,19,25-27H,1,3H2,(H2,21,22,23)/t13?,14-,15+,16-,19+/m1/s1. The Balaban J connectivity index is 1.48. The van der Waals surface area contributed by atoms with Crippen molar-refractivity contribution in [3.8, 4) is 0 Å². The van der Waals surface area contributed by atoms with Gasteiger partial charge in [-0.2, -0.15) is 0 Å². The molecule has 2 aliphatic rings. The van der Waals surface area contributed by atoms with E-state index < -0.39 is 36.5 Å². The number of rotatable bonds is 3. The molecule has 0 saturated carbocycles. The van der Waals surface area contributed by atoms with E-state index in [0.29, 0.717) is 5.56 Å². The fourth-order valence-electron chi connectivity index (χ4n) is 4.02. The monoisotopic (exact) mass is 386 g/mol. The summed E-state index contributed by atoms with van der Waals surface area (Å²) in [6, 6.07) is 5.62. The molecular weight excluding hydrogens is 367 g/mol. The molecule has 5 N–H and O–H groups in total. The van der Waals surface area contributed by atoms with Crippen LogP contribution in [0.15, 0.2) is 30.7 Å². The quantitative estimate of drug-likeness (QED) is 0.519. The number of aromatic nitrogens is 3. The van der Waals surface area contributed by atoms with E-state index in [0.717, 1.165) is 24.6 Å². The Labute approximate surface area is 159 Å². The summed E-state index contributed by atoms with van der Waals surface area (Å²) in [7, 11) is 0. The van der Waals surface area contributed by atoms with Gasteiger partial charge in [0.1, 0.15) is 36.6 Å². The summed E-state index contributed by atoms with van der Waals surface area (Å²) in [6.45, 7) is 0. The Morgan fingerprint density at radius 1 is 1.18 bits per heavy atom. The molecule has 3 heterocycles. The van der Waals surface area contributed by atoms with Crippen molar-refractivity contribution < 1.29 is 24.4 Å². The van der Waals surface area contributed by atoms with E-state index >= 15 is 0 Å². The summed E-state index contributed by atoms with van der Waals surface area (Å²) < 4.78 is 21.4. The minimum atomic E-state index is -1.39. The topological polar surface area (TPSA) is 127 Å². The Kier molecular flexibility index (Phi) is 3.88. The molecule has 1 fully saturated rings. The first-order chi connectivity index (χ1) is 13.5. The summed E-state index contributed by atoms with van der Waals surface area (Å²) in [5.74, 6) is -0.697. The zero-order chi connectivity index (χ0) is 19.6. The lowest BCUT2D eigenvalue weighted by atomic mass is 9.85. The van der Waals surface area contributed by atoms with Crippen molar-refractivity contribution in [2.45, 2.75) is 43.5 Å². The number of nitrogens with two attached hydrogens (primary N) is 1. The number of fused-ring (bicyclic) bond motifs is 2. The zero-order valence-electron chi connectivity index (χ0n) is 14.7. The molecule has 0 radical (unpaired) electrons. The first kappa shape index (κ1) is 17.5. The summed E-state index contributed by atoms with van der Waals surface area (Å²) >= 11 is 0. The molecule has 0 spiro atoms. The molecule has 1 unspecified atom stereocenters. The molecule has 8 nitrogen and oxygen atoms in total. The van der Waals surface area contributed by atoms with E-state index in [9.17, 15) is 19.7 Å². The number of hydrogen-bond donors (Lipinski definition) is 4. The maximum atomic E-state index is 14.3. The van der Waals surface area contributed by atoms with Gasteiger partial charge in [-0.05, 0) is 29.5 Å². The molecule has 5 rings (SSSR count). The zero-order valence-corrected chi connectivity index (χ0v) is 14.7. The van der Waals surface area contributed by atoms with Gasteiger partial charge in [0.2, 0.25) is 0 Å². The lowest BCUT2D eigenvalue weighted by Crippen LogP contribution is -2.35. The molecule has 2 aromatic heterocycles. The molecule has 9 heteroatoms. The van der Waals surface area contributed by atoms with E-state index in [1.165, 1.54) is 16.5 Å². The molecule has 1 saturated heterocycles. The second-order valence-electron chi connectivity index (χ2n) is 7.29. The van der Waals surface area contributed by atoms with Crippen molar-refractivity contribution in [2.24, 2.45) is 0 Å². The molecule has 1 aromatic carbocycles.